The van der Waals surface area contributed by atoms with Crippen LogP contribution in [0.4, 0.5) is 0 Å². The smallest absolute Gasteiger partial charge is 0.870 e. The van der Waals surface area contributed by atoms with Crippen molar-refractivity contribution in [1.82, 2.24) is 0 Å². The molecule has 0 bridgehead atoms. The molecule has 0 aromatic heterocycles. The molecule has 1 saturated heterocycles. The summed E-state index contributed by atoms with van der Waals surface area (Å²) in [6.45, 7) is 8.44. The fraction of sp³-hybridized carbons (Fsp3) is 0.234. The zero-order valence-electron chi connectivity index (χ0n) is 46.4. The maximum Gasteiger partial charge on any atom is 1.00 e. The molecule has 81 heavy (non-hydrogen) atoms. The van der Waals surface area contributed by atoms with Crippen molar-refractivity contribution in [2.24, 2.45) is 0 Å². The monoisotopic (exact) mass is 1110 g/mol. The number of aliphatic hydroxyl groups excluding tert-OH is 1. The van der Waals surface area contributed by atoms with Crippen molar-refractivity contribution in [2.45, 2.75) is 44.8 Å². The second-order valence-corrected chi connectivity index (χ2v) is 16.2. The largest absolute Gasteiger partial charge is 1.00 e. The maximum absolute atomic E-state index is 11.6. The summed E-state index contributed by atoms with van der Waals surface area (Å²) < 4.78 is 31.7. The number of esters is 3. The number of benzene rings is 6. The number of rotatable bonds is 21. The Bertz CT molecular complexity index is 2540. The zero-order chi connectivity index (χ0) is 56.5. The van der Waals surface area contributed by atoms with Gasteiger partial charge in [0.25, 0.3) is 0 Å². The van der Waals surface area contributed by atoms with Gasteiger partial charge >= 0.3 is 59.4 Å². The van der Waals surface area contributed by atoms with Gasteiger partial charge in [-0.2, -0.15) is 0 Å². The minimum atomic E-state index is -1.16. The summed E-state index contributed by atoms with van der Waals surface area (Å²) in [5, 5.41) is 25.1. The minimum absolute atomic E-state index is 0. The standard InChI is InChI=1S/C25H24O3.C23H20O3.C6H8O4.C6H10O3.C4H8O.B.Na.H2O/c1-2-27-24(26)19-12-20-28-25(21-13-6-3-7-14-21,22-15-8-4-9-16-22)23-17-10-5-11-18-23;24-22(25)17-10-18-26-23(19-11-4-1-5-12-19,20-13-6-2-7-14-20)21-15-8-3-9-16-21;1-2-10-6(9)4-3-5(7)8;1-2-9-6(8)4-3-5-7;1-2-4-5-3-1;;;/h3-19H,2,20H2,1H3;1-17H,18H2,(H,24,25);3-4H,2H2,1H3,(H,7,8);3-4,7H,2,5H2,1H3;1-4H2;;;1H2/q;;;;;;+1;/p-1/b19-12+;17-10+;2*4-3+;;;;. The first-order valence-corrected chi connectivity index (χ1v) is 25.4. The van der Waals surface area contributed by atoms with Crippen LogP contribution in [0.25, 0.3) is 0 Å². The molecular weight excluding hydrogens is 1040 g/mol. The molecule has 15 nitrogen and oxygen atoms in total. The van der Waals surface area contributed by atoms with Crippen LogP contribution in [0.1, 0.15) is 67.0 Å². The Morgan fingerprint density at radius 3 is 0.926 bits per heavy atom. The van der Waals surface area contributed by atoms with Crippen LogP contribution in [0.2, 0.25) is 0 Å². The Morgan fingerprint density at radius 1 is 0.432 bits per heavy atom. The van der Waals surface area contributed by atoms with Crippen molar-refractivity contribution < 1.29 is 103 Å². The first-order chi connectivity index (χ1) is 38.0. The van der Waals surface area contributed by atoms with Crippen LogP contribution in [0.5, 0.6) is 0 Å². The SMILES string of the molecule is C1CCOC1.CCOC(=O)/C=C/C(=O)O.CCOC(=O)/C=C/CO.CCOC(=O)/C=C/COC(c1ccccc1)(c1ccccc1)c1ccccc1.O=C(O)/C=C/COC(c1ccccc1)(c1ccccc1)c1ccccc1.[B].[Na+].[OH-]. The molecule has 0 unspecified atom stereocenters. The second kappa shape index (κ2) is 44.3. The van der Waals surface area contributed by atoms with Crippen LogP contribution in [0, 0.1) is 0 Å². The summed E-state index contributed by atoms with van der Waals surface area (Å²) in [7, 11) is 0. The van der Waals surface area contributed by atoms with Gasteiger partial charge in [0.2, 0.25) is 0 Å². The fourth-order valence-corrected chi connectivity index (χ4v) is 7.55. The molecular formula is C64H71BNaO15. The van der Waals surface area contributed by atoms with Crippen molar-refractivity contribution in [2.75, 3.05) is 52.9 Å². The Kier molecular flexibility index (Phi) is 40.2. The third-order valence-corrected chi connectivity index (χ3v) is 10.8. The van der Waals surface area contributed by atoms with E-state index >= 15 is 0 Å². The summed E-state index contributed by atoms with van der Waals surface area (Å²) in [4.78, 5) is 53.0. The Hall–Kier alpha value is -7.51. The predicted octanol–water partition coefficient (Wildman–Crippen LogP) is 7.28. The number of aliphatic hydroxyl groups is 1. The number of hydrogen-bond acceptors (Lipinski definition) is 13. The molecule has 0 amide bonds. The quantitative estimate of drug-likeness (QED) is 0.0211. The second-order valence-electron chi connectivity index (χ2n) is 16.2. The molecule has 3 radical (unpaired) electrons. The molecule has 6 aromatic rings. The van der Waals surface area contributed by atoms with Gasteiger partial charge in [-0.25, -0.2) is 24.0 Å². The molecule has 1 fully saturated rings. The molecule has 17 heteroatoms. The number of carbonyl (C=O) groups is 5. The molecule has 6 aromatic carbocycles. The van der Waals surface area contributed by atoms with Crippen molar-refractivity contribution in [3.8, 4) is 0 Å². The summed E-state index contributed by atoms with van der Waals surface area (Å²) in [6.07, 6.45) is 12.4. The van der Waals surface area contributed by atoms with E-state index in [9.17, 15) is 24.0 Å². The molecule has 0 spiro atoms. The van der Waals surface area contributed by atoms with E-state index in [1.807, 2.05) is 146 Å². The van der Waals surface area contributed by atoms with Crippen LogP contribution in [0.15, 0.2) is 231 Å². The third-order valence-electron chi connectivity index (χ3n) is 10.8. The van der Waals surface area contributed by atoms with Gasteiger partial charge in [0.15, 0.2) is 0 Å². The predicted molar refractivity (Wildman–Crippen MR) is 307 cm³/mol. The molecule has 0 saturated carbocycles. The van der Waals surface area contributed by atoms with Gasteiger partial charge in [-0.1, -0.05) is 200 Å². The fourth-order valence-electron chi connectivity index (χ4n) is 7.55. The summed E-state index contributed by atoms with van der Waals surface area (Å²) in [5.74, 6) is -3.56. The molecule has 1 heterocycles. The van der Waals surface area contributed by atoms with Gasteiger partial charge < -0.3 is 49.2 Å². The summed E-state index contributed by atoms with van der Waals surface area (Å²) in [6, 6.07) is 60.4. The van der Waals surface area contributed by atoms with Gasteiger partial charge in [-0.15, -0.1) is 0 Å². The van der Waals surface area contributed by atoms with E-state index < -0.39 is 35.1 Å². The number of aliphatic carboxylic acids is 2. The molecule has 421 valence electrons. The van der Waals surface area contributed by atoms with Crippen LogP contribution >= 0.6 is 0 Å². The van der Waals surface area contributed by atoms with E-state index in [1.165, 1.54) is 37.1 Å². The van der Waals surface area contributed by atoms with Crippen molar-refractivity contribution in [1.29, 1.82) is 0 Å². The summed E-state index contributed by atoms with van der Waals surface area (Å²) >= 11 is 0. The van der Waals surface area contributed by atoms with Gasteiger partial charge in [0.1, 0.15) is 11.2 Å². The van der Waals surface area contributed by atoms with E-state index in [2.05, 4.69) is 45.9 Å². The molecule has 0 aliphatic carbocycles. The molecule has 1 aliphatic heterocycles. The van der Waals surface area contributed by atoms with Crippen LogP contribution < -0.4 is 29.6 Å². The first kappa shape index (κ1) is 73.5. The Balaban J connectivity index is 0.00000110. The molecule has 0 atom stereocenters. The first-order valence-electron chi connectivity index (χ1n) is 25.4. The minimum Gasteiger partial charge on any atom is -0.870 e. The van der Waals surface area contributed by atoms with E-state index in [1.54, 1.807) is 26.8 Å². The normalized spacial score (nSPS) is 11.5. The van der Waals surface area contributed by atoms with Crippen molar-refractivity contribution >= 4 is 38.3 Å². The maximum atomic E-state index is 11.6. The van der Waals surface area contributed by atoms with Gasteiger partial charge in [0.05, 0.1) is 39.6 Å². The number of ether oxygens (including phenoxy) is 6. The third kappa shape index (κ3) is 27.0. The van der Waals surface area contributed by atoms with E-state index in [4.69, 9.17) is 34.3 Å². The van der Waals surface area contributed by atoms with Crippen LogP contribution in [-0.4, -0.2) is 112 Å². The van der Waals surface area contributed by atoms with E-state index in [0.29, 0.717) is 13.2 Å². The van der Waals surface area contributed by atoms with Crippen LogP contribution in [-0.2, 0) is 63.6 Å². The van der Waals surface area contributed by atoms with Gasteiger partial charge in [-0.3, -0.25) is 0 Å². The van der Waals surface area contributed by atoms with E-state index in [-0.39, 0.29) is 75.8 Å². The van der Waals surface area contributed by atoms with Gasteiger partial charge in [-0.05, 0) is 67.0 Å². The summed E-state index contributed by atoms with van der Waals surface area (Å²) in [5.41, 5.74) is 4.42. The van der Waals surface area contributed by atoms with Crippen molar-refractivity contribution in [3.63, 3.8) is 0 Å². The number of hydrogen-bond donors (Lipinski definition) is 3. The van der Waals surface area contributed by atoms with Crippen LogP contribution in [0.3, 0.4) is 0 Å². The zero-order valence-corrected chi connectivity index (χ0v) is 48.4. The van der Waals surface area contributed by atoms with Crippen molar-refractivity contribution in [3.05, 3.63) is 264 Å². The number of carboxylic acid groups (broad SMARTS) is 2. The Labute approximate surface area is 499 Å². The number of carbonyl (C=O) groups excluding carboxylic acids is 3. The molecule has 1 aliphatic rings. The van der Waals surface area contributed by atoms with E-state index in [0.717, 1.165) is 64.8 Å². The van der Waals surface area contributed by atoms with Gasteiger partial charge in [0, 0.05) is 52.0 Å². The average molecular weight is 1110 g/mol. The molecule has 4 N–H and O–H groups in total. The molecule has 7 rings (SSSR count). The number of carboxylic acids is 2. The Morgan fingerprint density at radius 2 is 0.691 bits per heavy atom. The topological polar surface area (TPSA) is 231 Å². The average Bonchev–Trinajstić information content (AvgIpc) is 4.17.